The van der Waals surface area contributed by atoms with Crippen molar-refractivity contribution in [3.05, 3.63) is 102 Å². The van der Waals surface area contributed by atoms with Crippen molar-refractivity contribution in [2.45, 2.75) is 25.6 Å². The highest BCUT2D eigenvalue weighted by Crippen LogP contribution is 2.13. The van der Waals surface area contributed by atoms with Gasteiger partial charge in [-0.3, -0.25) is 9.78 Å². The molecular weight excluding hydrogens is 310 g/mol. The van der Waals surface area contributed by atoms with Gasteiger partial charge >= 0.3 is 0 Å². The van der Waals surface area contributed by atoms with Crippen LogP contribution in [0.15, 0.2) is 85.2 Å². The molecule has 0 radical (unpaired) electrons. The fourth-order valence-corrected chi connectivity index (χ4v) is 2.69. The molecule has 3 heteroatoms. The molecule has 0 aliphatic heterocycles. The maximum absolute atomic E-state index is 12.8. The third-order valence-corrected chi connectivity index (χ3v) is 4.02. The number of hydrogen-bond donors (Lipinski definition) is 0. The number of carbonyl (C=O) groups excluding carboxylic acids is 1. The summed E-state index contributed by atoms with van der Waals surface area (Å²) in [6, 6.07) is 23.6. The van der Waals surface area contributed by atoms with Crippen LogP contribution < -0.4 is 0 Å². The molecule has 0 saturated carbocycles. The van der Waals surface area contributed by atoms with Crippen LogP contribution in [-0.2, 0) is 29.0 Å². The van der Waals surface area contributed by atoms with Crippen molar-refractivity contribution in [2.24, 2.45) is 0 Å². The molecule has 2 aromatic carbocycles. The van der Waals surface area contributed by atoms with Crippen LogP contribution in [0.25, 0.3) is 0 Å². The number of pyridine rings is 1. The molecule has 1 atom stereocenters. The molecule has 1 aromatic heterocycles. The molecule has 0 saturated heterocycles. The number of ether oxygens (including phenoxy) is 1. The van der Waals surface area contributed by atoms with E-state index in [0.717, 1.165) is 16.7 Å². The molecule has 3 aromatic rings. The van der Waals surface area contributed by atoms with Gasteiger partial charge in [-0.15, -0.1) is 0 Å². The Bertz CT molecular complexity index is 773. The molecule has 0 N–H and O–H groups in total. The predicted octanol–water partition coefficient (Wildman–Crippen LogP) is 4.02. The molecule has 25 heavy (non-hydrogen) atoms. The van der Waals surface area contributed by atoms with Crippen LogP contribution >= 0.6 is 0 Å². The zero-order valence-corrected chi connectivity index (χ0v) is 14.0. The summed E-state index contributed by atoms with van der Waals surface area (Å²) in [5, 5.41) is 0. The Morgan fingerprint density at radius 2 is 1.48 bits per heavy atom. The molecular formula is C22H21NO2. The second kappa shape index (κ2) is 8.90. The Kier molecular flexibility index (Phi) is 6.07. The lowest BCUT2D eigenvalue weighted by molar-refractivity contribution is -0.130. The van der Waals surface area contributed by atoms with Gasteiger partial charge in [-0.2, -0.15) is 0 Å². The Morgan fingerprint density at radius 3 is 2.12 bits per heavy atom. The smallest absolute Gasteiger partial charge is 0.166 e. The summed E-state index contributed by atoms with van der Waals surface area (Å²) in [5.41, 5.74) is 3.07. The Labute approximate surface area is 148 Å². The van der Waals surface area contributed by atoms with E-state index in [0.29, 0.717) is 19.4 Å². The van der Waals surface area contributed by atoms with E-state index in [2.05, 4.69) is 4.98 Å². The van der Waals surface area contributed by atoms with Gasteiger partial charge < -0.3 is 4.74 Å². The molecule has 0 bridgehead atoms. The molecule has 126 valence electrons. The standard InChI is InChI=1S/C22H21NO2/c24-21(14-18-8-3-1-4-9-18)22(15-19-10-5-2-6-11-19)25-17-20-12-7-13-23-16-20/h1-13,16,22H,14-15,17H2. The fraction of sp³-hybridized carbons (Fsp3) is 0.182. The number of Topliss-reactive ketones (excluding diaryl/α,β-unsaturated/α-hetero) is 1. The molecule has 0 amide bonds. The summed E-state index contributed by atoms with van der Waals surface area (Å²) in [7, 11) is 0. The van der Waals surface area contributed by atoms with E-state index in [4.69, 9.17) is 4.74 Å². The van der Waals surface area contributed by atoms with Crippen LogP contribution in [0.5, 0.6) is 0 Å². The summed E-state index contributed by atoms with van der Waals surface area (Å²) in [6.45, 7) is 0.381. The summed E-state index contributed by atoms with van der Waals surface area (Å²) in [6.07, 6.45) is 3.98. The highest BCUT2D eigenvalue weighted by Gasteiger charge is 2.20. The Hall–Kier alpha value is -2.78. The average molecular weight is 331 g/mol. The minimum Gasteiger partial charge on any atom is -0.365 e. The minimum atomic E-state index is -0.470. The SMILES string of the molecule is O=C(Cc1ccccc1)C(Cc1ccccc1)OCc1cccnc1. The first kappa shape index (κ1) is 17.1. The molecule has 3 rings (SSSR count). The number of ketones is 1. The van der Waals surface area contributed by atoms with Crippen molar-refractivity contribution in [2.75, 3.05) is 0 Å². The molecule has 1 heterocycles. The Morgan fingerprint density at radius 1 is 0.840 bits per heavy atom. The van der Waals surface area contributed by atoms with Crippen LogP contribution in [0.1, 0.15) is 16.7 Å². The number of benzene rings is 2. The van der Waals surface area contributed by atoms with Gasteiger partial charge in [0.15, 0.2) is 5.78 Å². The third-order valence-electron chi connectivity index (χ3n) is 4.02. The van der Waals surface area contributed by atoms with E-state index in [1.807, 2.05) is 72.8 Å². The van der Waals surface area contributed by atoms with Crippen molar-refractivity contribution in [1.29, 1.82) is 0 Å². The molecule has 0 aliphatic carbocycles. The predicted molar refractivity (Wildman–Crippen MR) is 98.1 cm³/mol. The van der Waals surface area contributed by atoms with Crippen molar-refractivity contribution < 1.29 is 9.53 Å². The van der Waals surface area contributed by atoms with E-state index in [1.54, 1.807) is 12.4 Å². The van der Waals surface area contributed by atoms with E-state index >= 15 is 0 Å². The van der Waals surface area contributed by atoms with Crippen LogP contribution in [-0.4, -0.2) is 16.9 Å². The van der Waals surface area contributed by atoms with Crippen molar-refractivity contribution in [3.63, 3.8) is 0 Å². The van der Waals surface area contributed by atoms with E-state index in [-0.39, 0.29) is 5.78 Å². The van der Waals surface area contributed by atoms with Gasteiger partial charge in [0, 0.05) is 25.2 Å². The van der Waals surface area contributed by atoms with Crippen molar-refractivity contribution in [3.8, 4) is 0 Å². The van der Waals surface area contributed by atoms with Gasteiger partial charge in [0.2, 0.25) is 0 Å². The van der Waals surface area contributed by atoms with Gasteiger partial charge in [0.1, 0.15) is 6.10 Å². The molecule has 0 spiro atoms. The summed E-state index contributed by atoms with van der Waals surface area (Å²) in [4.78, 5) is 16.9. The lowest BCUT2D eigenvalue weighted by atomic mass is 10.00. The second-order valence-corrected chi connectivity index (χ2v) is 5.98. The zero-order valence-electron chi connectivity index (χ0n) is 14.0. The first-order valence-electron chi connectivity index (χ1n) is 8.42. The van der Waals surface area contributed by atoms with E-state index in [9.17, 15) is 4.79 Å². The fourth-order valence-electron chi connectivity index (χ4n) is 2.69. The first-order valence-corrected chi connectivity index (χ1v) is 8.42. The second-order valence-electron chi connectivity index (χ2n) is 5.98. The number of hydrogen-bond acceptors (Lipinski definition) is 3. The van der Waals surface area contributed by atoms with Gasteiger partial charge in [-0.25, -0.2) is 0 Å². The molecule has 0 aliphatic rings. The quantitative estimate of drug-likeness (QED) is 0.626. The lowest BCUT2D eigenvalue weighted by Gasteiger charge is -2.17. The summed E-state index contributed by atoms with van der Waals surface area (Å²) in [5.74, 6) is 0.0962. The van der Waals surface area contributed by atoms with Crippen LogP contribution in [0.3, 0.4) is 0 Å². The normalized spacial score (nSPS) is 11.8. The highest BCUT2D eigenvalue weighted by atomic mass is 16.5. The van der Waals surface area contributed by atoms with Gasteiger partial charge in [0.25, 0.3) is 0 Å². The first-order chi connectivity index (χ1) is 12.3. The largest absolute Gasteiger partial charge is 0.365 e. The molecule has 0 fully saturated rings. The zero-order chi connectivity index (χ0) is 17.3. The molecule has 1 unspecified atom stereocenters. The van der Waals surface area contributed by atoms with Gasteiger partial charge in [-0.05, 0) is 22.8 Å². The third kappa shape index (κ3) is 5.37. The number of aromatic nitrogens is 1. The monoisotopic (exact) mass is 331 g/mol. The minimum absolute atomic E-state index is 0.0962. The van der Waals surface area contributed by atoms with Crippen LogP contribution in [0, 0.1) is 0 Å². The van der Waals surface area contributed by atoms with Gasteiger partial charge in [0.05, 0.1) is 6.61 Å². The Balaban J connectivity index is 1.70. The van der Waals surface area contributed by atoms with E-state index in [1.165, 1.54) is 0 Å². The topological polar surface area (TPSA) is 39.2 Å². The maximum Gasteiger partial charge on any atom is 0.166 e. The van der Waals surface area contributed by atoms with Crippen LogP contribution in [0.2, 0.25) is 0 Å². The lowest BCUT2D eigenvalue weighted by Crippen LogP contribution is -2.28. The number of carbonyl (C=O) groups is 1. The maximum atomic E-state index is 12.8. The molecule has 3 nitrogen and oxygen atoms in total. The number of nitrogens with zero attached hydrogens (tertiary/aromatic N) is 1. The summed E-state index contributed by atoms with van der Waals surface area (Å²) < 4.78 is 5.98. The van der Waals surface area contributed by atoms with E-state index < -0.39 is 6.10 Å². The van der Waals surface area contributed by atoms with Crippen LogP contribution in [0.4, 0.5) is 0 Å². The van der Waals surface area contributed by atoms with Crippen molar-refractivity contribution in [1.82, 2.24) is 4.98 Å². The van der Waals surface area contributed by atoms with Crippen molar-refractivity contribution >= 4 is 5.78 Å². The highest BCUT2D eigenvalue weighted by molar-refractivity contribution is 5.85. The summed E-state index contributed by atoms with van der Waals surface area (Å²) >= 11 is 0. The average Bonchev–Trinajstić information content (AvgIpc) is 2.67. The number of rotatable bonds is 8. The van der Waals surface area contributed by atoms with Gasteiger partial charge in [-0.1, -0.05) is 66.7 Å².